The number of thiazole rings is 1. The number of benzene rings is 1. The third-order valence-electron chi connectivity index (χ3n) is 3.15. The zero-order chi connectivity index (χ0) is 14.0. The van der Waals surface area contributed by atoms with Crippen molar-refractivity contribution >= 4 is 32.9 Å². The van der Waals surface area contributed by atoms with E-state index < -0.39 is 0 Å². The summed E-state index contributed by atoms with van der Waals surface area (Å²) in [5, 5.41) is 15.2. The van der Waals surface area contributed by atoms with Crippen molar-refractivity contribution in [3.8, 4) is 0 Å². The molecule has 0 saturated carbocycles. The maximum absolute atomic E-state index is 11.1. The van der Waals surface area contributed by atoms with Crippen molar-refractivity contribution in [1.29, 1.82) is 0 Å². The molecule has 1 aromatic carbocycles. The summed E-state index contributed by atoms with van der Waals surface area (Å²) in [5.41, 5.74) is 1.50. The molecule has 1 N–H and O–H groups in total. The first-order valence-electron chi connectivity index (χ1n) is 6.30. The van der Waals surface area contributed by atoms with Gasteiger partial charge in [-0.3, -0.25) is 10.1 Å². The van der Waals surface area contributed by atoms with E-state index in [1.165, 1.54) is 11.3 Å². The highest BCUT2D eigenvalue weighted by Gasteiger charge is 2.17. The molecule has 2 rings (SSSR count). The van der Waals surface area contributed by atoms with Crippen molar-refractivity contribution in [3.05, 3.63) is 27.3 Å². The van der Waals surface area contributed by atoms with Crippen LogP contribution in [0.1, 0.15) is 25.3 Å². The molecule has 1 unspecified atom stereocenters. The molecule has 5 nitrogen and oxygen atoms in total. The van der Waals surface area contributed by atoms with Crippen molar-refractivity contribution in [3.63, 3.8) is 0 Å². The number of nitrogens with zero attached hydrogens (tertiary/aromatic N) is 2. The molecule has 1 aromatic heterocycles. The number of fused-ring (bicyclic) bond motifs is 1. The summed E-state index contributed by atoms with van der Waals surface area (Å²) in [7, 11) is 0. The van der Waals surface area contributed by atoms with Gasteiger partial charge in [-0.1, -0.05) is 20.3 Å². The predicted octanol–water partition coefficient (Wildman–Crippen LogP) is 3.97. The molecule has 0 aliphatic heterocycles. The second-order valence-electron chi connectivity index (χ2n) is 4.72. The number of nitro groups is 1. The Morgan fingerprint density at radius 2 is 2.26 bits per heavy atom. The number of nitro benzene ring substituents is 1. The highest BCUT2D eigenvalue weighted by atomic mass is 32.1. The maximum atomic E-state index is 11.1. The number of anilines is 1. The Labute approximate surface area is 115 Å². The molecular weight excluding hydrogens is 262 g/mol. The third-order valence-corrected chi connectivity index (χ3v) is 4.08. The molecule has 0 spiro atoms. The topological polar surface area (TPSA) is 68.1 Å². The van der Waals surface area contributed by atoms with Crippen LogP contribution in [0, 0.1) is 23.0 Å². The second kappa shape index (κ2) is 5.52. The van der Waals surface area contributed by atoms with Crippen molar-refractivity contribution in [1.82, 2.24) is 4.98 Å². The summed E-state index contributed by atoms with van der Waals surface area (Å²) < 4.78 is 0.860. The van der Waals surface area contributed by atoms with Gasteiger partial charge in [0.25, 0.3) is 5.69 Å². The zero-order valence-corrected chi connectivity index (χ0v) is 12.1. The summed E-state index contributed by atoms with van der Waals surface area (Å²) in [6.45, 7) is 6.85. The van der Waals surface area contributed by atoms with E-state index in [2.05, 4.69) is 24.1 Å². The highest BCUT2D eigenvalue weighted by Crippen LogP contribution is 2.33. The number of nitrogens with one attached hydrogen (secondary N) is 1. The van der Waals surface area contributed by atoms with Crippen LogP contribution in [0.3, 0.4) is 0 Å². The van der Waals surface area contributed by atoms with Crippen molar-refractivity contribution in [2.75, 3.05) is 11.9 Å². The van der Waals surface area contributed by atoms with Gasteiger partial charge in [-0.05, 0) is 18.9 Å². The average molecular weight is 279 g/mol. The number of aryl methyl sites for hydroxylation is 1. The summed E-state index contributed by atoms with van der Waals surface area (Å²) in [6, 6.07) is 3.39. The molecule has 1 atom stereocenters. The van der Waals surface area contributed by atoms with E-state index in [0.717, 1.165) is 28.2 Å². The Morgan fingerprint density at radius 3 is 2.89 bits per heavy atom. The molecule has 19 heavy (non-hydrogen) atoms. The molecule has 0 radical (unpaired) electrons. The normalized spacial score (nSPS) is 12.6. The highest BCUT2D eigenvalue weighted by molar-refractivity contribution is 7.18. The van der Waals surface area contributed by atoms with Gasteiger partial charge in [-0.2, -0.15) is 0 Å². The molecule has 1 heterocycles. The predicted molar refractivity (Wildman–Crippen MR) is 79.0 cm³/mol. The van der Waals surface area contributed by atoms with Gasteiger partial charge in [-0.15, -0.1) is 11.3 Å². The molecular formula is C13H17N3O2S. The first-order chi connectivity index (χ1) is 9.01. The van der Waals surface area contributed by atoms with Crippen LogP contribution in [-0.4, -0.2) is 16.5 Å². The van der Waals surface area contributed by atoms with Gasteiger partial charge in [0.15, 0.2) is 0 Å². The smallest absolute Gasteiger partial charge is 0.293 e. The monoisotopic (exact) mass is 279 g/mol. The molecule has 102 valence electrons. The minimum Gasteiger partial charge on any atom is -0.379 e. The maximum Gasteiger partial charge on any atom is 0.293 e. The van der Waals surface area contributed by atoms with Crippen molar-refractivity contribution in [2.45, 2.75) is 27.2 Å². The molecule has 6 heteroatoms. The Bertz CT molecular complexity index is 609. The minimum absolute atomic E-state index is 0.124. The fourth-order valence-electron chi connectivity index (χ4n) is 1.80. The summed E-state index contributed by atoms with van der Waals surface area (Å²) in [6.07, 6.45) is 1.04. The van der Waals surface area contributed by atoms with Gasteiger partial charge in [0.2, 0.25) is 0 Å². The standard InChI is InChI=1S/C13H17N3O2S/c1-4-8(2)7-14-10-5-11-13(19-9(3)15-11)6-12(10)16(17)18/h5-6,8,14H,4,7H2,1-3H3. The van der Waals surface area contributed by atoms with E-state index in [0.29, 0.717) is 11.6 Å². The Morgan fingerprint density at radius 1 is 1.53 bits per heavy atom. The van der Waals surface area contributed by atoms with Gasteiger partial charge in [-0.25, -0.2) is 4.98 Å². The molecule has 0 bridgehead atoms. The number of hydrogen-bond donors (Lipinski definition) is 1. The summed E-state index contributed by atoms with van der Waals surface area (Å²) in [5.74, 6) is 0.479. The van der Waals surface area contributed by atoms with Crippen LogP contribution >= 0.6 is 11.3 Å². The van der Waals surface area contributed by atoms with Gasteiger partial charge < -0.3 is 5.32 Å². The lowest BCUT2D eigenvalue weighted by Gasteiger charge is -2.11. The van der Waals surface area contributed by atoms with Crippen LogP contribution in [0.2, 0.25) is 0 Å². The van der Waals surface area contributed by atoms with E-state index in [9.17, 15) is 10.1 Å². The first kappa shape index (κ1) is 13.7. The van der Waals surface area contributed by atoms with Gasteiger partial charge in [0.05, 0.1) is 20.1 Å². The number of aromatic nitrogens is 1. The second-order valence-corrected chi connectivity index (χ2v) is 5.96. The molecule has 0 saturated heterocycles. The molecule has 0 aliphatic carbocycles. The Kier molecular flexibility index (Phi) is 3.99. The summed E-state index contributed by atoms with van der Waals surface area (Å²) >= 11 is 1.48. The van der Waals surface area contributed by atoms with Crippen molar-refractivity contribution in [2.24, 2.45) is 5.92 Å². The van der Waals surface area contributed by atoms with E-state index in [1.54, 1.807) is 12.1 Å². The van der Waals surface area contributed by atoms with E-state index in [1.807, 2.05) is 6.92 Å². The number of rotatable bonds is 5. The van der Waals surface area contributed by atoms with E-state index in [4.69, 9.17) is 0 Å². The van der Waals surface area contributed by atoms with Crippen LogP contribution in [0.4, 0.5) is 11.4 Å². The van der Waals surface area contributed by atoms with Crippen LogP contribution in [-0.2, 0) is 0 Å². The Hall–Kier alpha value is -1.69. The van der Waals surface area contributed by atoms with Crippen LogP contribution in [0.25, 0.3) is 10.2 Å². The van der Waals surface area contributed by atoms with Gasteiger partial charge in [0, 0.05) is 12.6 Å². The summed E-state index contributed by atoms with van der Waals surface area (Å²) in [4.78, 5) is 15.2. The van der Waals surface area contributed by atoms with Crippen LogP contribution in [0.15, 0.2) is 12.1 Å². The molecule has 0 amide bonds. The van der Waals surface area contributed by atoms with E-state index in [-0.39, 0.29) is 10.6 Å². The van der Waals surface area contributed by atoms with Crippen LogP contribution in [0.5, 0.6) is 0 Å². The third kappa shape index (κ3) is 3.01. The zero-order valence-electron chi connectivity index (χ0n) is 11.3. The molecule has 0 aliphatic rings. The fraction of sp³-hybridized carbons (Fsp3) is 0.462. The lowest BCUT2D eigenvalue weighted by molar-refractivity contribution is -0.383. The average Bonchev–Trinajstić information content (AvgIpc) is 2.73. The fourth-order valence-corrected chi connectivity index (χ4v) is 2.64. The number of hydrogen-bond acceptors (Lipinski definition) is 5. The largest absolute Gasteiger partial charge is 0.379 e. The SMILES string of the molecule is CCC(C)CNc1cc2nc(C)sc2cc1[N+](=O)[O-]. The Balaban J connectivity index is 2.38. The van der Waals surface area contributed by atoms with Gasteiger partial charge >= 0.3 is 0 Å². The van der Waals surface area contributed by atoms with E-state index >= 15 is 0 Å². The lowest BCUT2D eigenvalue weighted by atomic mass is 10.1. The van der Waals surface area contributed by atoms with Crippen molar-refractivity contribution < 1.29 is 4.92 Å². The molecule has 0 fully saturated rings. The van der Waals surface area contributed by atoms with Gasteiger partial charge in [0.1, 0.15) is 5.69 Å². The lowest BCUT2D eigenvalue weighted by Crippen LogP contribution is -2.11. The quantitative estimate of drug-likeness (QED) is 0.664. The van der Waals surface area contributed by atoms with Crippen LogP contribution < -0.4 is 5.32 Å². The molecule has 2 aromatic rings. The minimum atomic E-state index is -0.340. The first-order valence-corrected chi connectivity index (χ1v) is 7.12.